The Morgan fingerprint density at radius 1 is 1.25 bits per heavy atom. The van der Waals surface area contributed by atoms with Gasteiger partial charge in [0.15, 0.2) is 17.0 Å². The van der Waals surface area contributed by atoms with Crippen LogP contribution in [-0.2, 0) is 4.74 Å². The van der Waals surface area contributed by atoms with Crippen LogP contribution in [0.15, 0.2) is 36.7 Å². The summed E-state index contributed by atoms with van der Waals surface area (Å²) in [5.74, 6) is 0.876. The molecule has 8 nitrogen and oxygen atoms in total. The van der Waals surface area contributed by atoms with Crippen LogP contribution in [0.2, 0.25) is 0 Å². The fraction of sp³-hybridized carbons (Fsp3) is 0.312. The molecule has 1 fully saturated rings. The third kappa shape index (κ3) is 2.66. The molecular weight excluding hydrogens is 310 g/mol. The maximum Gasteiger partial charge on any atom is 0.326 e. The quantitative estimate of drug-likeness (QED) is 0.753. The van der Waals surface area contributed by atoms with Gasteiger partial charge in [-0.3, -0.25) is 4.57 Å². The Kier molecular flexibility index (Phi) is 3.75. The lowest BCUT2D eigenvalue weighted by Crippen LogP contribution is -2.14. The maximum atomic E-state index is 9.23. The van der Waals surface area contributed by atoms with Crippen molar-refractivity contribution in [1.29, 1.82) is 0 Å². The molecule has 1 unspecified atom stereocenters. The Hall–Kier alpha value is -2.71. The molecule has 24 heavy (non-hydrogen) atoms. The fourth-order valence-electron chi connectivity index (χ4n) is 2.79. The normalized spacial score (nSPS) is 20.5. The number of para-hydroxylation sites is 1. The number of nitrogens with zero attached hydrogens (tertiary/aromatic N) is 4. The van der Waals surface area contributed by atoms with Gasteiger partial charge in [-0.2, -0.15) is 9.97 Å². The van der Waals surface area contributed by atoms with E-state index in [1.54, 1.807) is 10.9 Å². The molecule has 0 aliphatic carbocycles. The molecule has 3 N–H and O–H groups in total. The summed E-state index contributed by atoms with van der Waals surface area (Å²) in [6.07, 6.45) is 2.80. The number of anilines is 1. The van der Waals surface area contributed by atoms with Gasteiger partial charge in [0.2, 0.25) is 0 Å². The van der Waals surface area contributed by atoms with Crippen molar-refractivity contribution in [2.45, 2.75) is 25.2 Å². The third-order valence-corrected chi connectivity index (χ3v) is 3.98. The summed E-state index contributed by atoms with van der Waals surface area (Å²) in [4.78, 5) is 12.9. The van der Waals surface area contributed by atoms with Crippen LogP contribution in [-0.4, -0.2) is 37.3 Å². The molecule has 0 bridgehead atoms. The van der Waals surface area contributed by atoms with E-state index in [0.29, 0.717) is 16.9 Å². The van der Waals surface area contributed by atoms with E-state index in [1.165, 1.54) is 0 Å². The first kappa shape index (κ1) is 14.9. The number of hydrogen-bond donors (Lipinski definition) is 2. The van der Waals surface area contributed by atoms with Crippen LogP contribution in [0.1, 0.15) is 19.1 Å². The Balaban J connectivity index is 1.69. The van der Waals surface area contributed by atoms with Gasteiger partial charge in [0, 0.05) is 0 Å². The molecule has 2 aromatic heterocycles. The molecule has 1 aromatic carbocycles. The number of nitrogen functional groups attached to an aromatic ring is 1. The number of aliphatic hydroxyl groups excluding tert-OH is 1. The lowest BCUT2D eigenvalue weighted by Gasteiger charge is -2.14. The maximum absolute atomic E-state index is 9.23. The van der Waals surface area contributed by atoms with Gasteiger partial charge in [-0.15, -0.1) is 0 Å². The number of rotatable bonds is 4. The predicted octanol–water partition coefficient (Wildman–Crippen LogP) is 1.87. The van der Waals surface area contributed by atoms with Gasteiger partial charge in [-0.1, -0.05) is 18.2 Å². The van der Waals surface area contributed by atoms with E-state index in [1.807, 2.05) is 30.3 Å². The SMILES string of the molecule is Nc1nc(Oc2ccccc2)nc2c1ncn2[C@H]1CCC(CO)O1. The second kappa shape index (κ2) is 6.06. The number of ether oxygens (including phenoxy) is 2. The van der Waals surface area contributed by atoms with Crippen molar-refractivity contribution in [3.05, 3.63) is 36.7 Å². The topological polar surface area (TPSA) is 108 Å². The molecule has 124 valence electrons. The van der Waals surface area contributed by atoms with Gasteiger partial charge in [0.25, 0.3) is 0 Å². The first-order chi connectivity index (χ1) is 11.7. The molecule has 0 radical (unpaired) electrons. The number of nitrogens with two attached hydrogens (primary N) is 1. The molecule has 4 rings (SSSR count). The monoisotopic (exact) mass is 327 g/mol. The van der Waals surface area contributed by atoms with E-state index in [0.717, 1.165) is 12.8 Å². The van der Waals surface area contributed by atoms with Gasteiger partial charge in [-0.05, 0) is 25.0 Å². The predicted molar refractivity (Wildman–Crippen MR) is 86.5 cm³/mol. The van der Waals surface area contributed by atoms with Crippen molar-refractivity contribution in [2.75, 3.05) is 12.3 Å². The minimum absolute atomic E-state index is 0.00260. The van der Waals surface area contributed by atoms with Crippen LogP contribution in [0.4, 0.5) is 5.82 Å². The number of aromatic nitrogens is 4. The zero-order chi connectivity index (χ0) is 16.5. The first-order valence-corrected chi connectivity index (χ1v) is 7.74. The highest BCUT2D eigenvalue weighted by Gasteiger charge is 2.28. The summed E-state index contributed by atoms with van der Waals surface area (Å²) in [6.45, 7) is 0.00260. The second-order valence-corrected chi connectivity index (χ2v) is 5.60. The van der Waals surface area contributed by atoms with E-state index < -0.39 is 0 Å². The highest BCUT2D eigenvalue weighted by atomic mass is 16.5. The highest BCUT2D eigenvalue weighted by Crippen LogP contribution is 2.32. The summed E-state index contributed by atoms with van der Waals surface area (Å²) in [7, 11) is 0. The minimum atomic E-state index is -0.231. The zero-order valence-electron chi connectivity index (χ0n) is 12.9. The van der Waals surface area contributed by atoms with Crippen LogP contribution in [0.5, 0.6) is 11.8 Å². The zero-order valence-corrected chi connectivity index (χ0v) is 12.9. The fourth-order valence-corrected chi connectivity index (χ4v) is 2.79. The lowest BCUT2D eigenvalue weighted by molar-refractivity contribution is -0.0207. The van der Waals surface area contributed by atoms with Crippen molar-refractivity contribution in [1.82, 2.24) is 19.5 Å². The van der Waals surface area contributed by atoms with E-state index in [9.17, 15) is 5.11 Å². The van der Waals surface area contributed by atoms with Gasteiger partial charge in [0.1, 0.15) is 12.0 Å². The Morgan fingerprint density at radius 2 is 2.08 bits per heavy atom. The molecule has 2 atom stereocenters. The van der Waals surface area contributed by atoms with Gasteiger partial charge < -0.3 is 20.3 Å². The van der Waals surface area contributed by atoms with Crippen molar-refractivity contribution in [2.24, 2.45) is 0 Å². The molecule has 1 aliphatic heterocycles. The highest BCUT2D eigenvalue weighted by molar-refractivity contribution is 5.82. The van der Waals surface area contributed by atoms with E-state index in [-0.39, 0.29) is 30.8 Å². The Labute approximate surface area is 137 Å². The molecule has 8 heteroatoms. The number of aliphatic hydroxyl groups is 1. The molecule has 3 aromatic rings. The molecule has 0 saturated carbocycles. The van der Waals surface area contributed by atoms with E-state index >= 15 is 0 Å². The first-order valence-electron chi connectivity index (χ1n) is 7.74. The van der Waals surface area contributed by atoms with Gasteiger partial charge >= 0.3 is 6.01 Å². The van der Waals surface area contributed by atoms with Crippen LogP contribution in [0.25, 0.3) is 11.2 Å². The summed E-state index contributed by atoms with van der Waals surface area (Å²) < 4.78 is 13.3. The molecule has 3 heterocycles. The third-order valence-electron chi connectivity index (χ3n) is 3.98. The van der Waals surface area contributed by atoms with E-state index in [4.69, 9.17) is 15.2 Å². The van der Waals surface area contributed by atoms with Crippen molar-refractivity contribution >= 4 is 17.0 Å². The number of fused-ring (bicyclic) bond motifs is 1. The standard InChI is InChI=1S/C16H17N5O3/c17-14-13-15(20-16(19-14)24-10-4-2-1-3-5-10)21(9-18-13)12-7-6-11(8-22)23-12/h1-5,9,11-12,22H,6-8H2,(H2,17,19,20)/t11?,12-/m1/s1. The van der Waals surface area contributed by atoms with Gasteiger partial charge in [0.05, 0.1) is 19.0 Å². The molecule has 1 aliphatic rings. The molecule has 1 saturated heterocycles. The van der Waals surface area contributed by atoms with Crippen molar-refractivity contribution < 1.29 is 14.6 Å². The number of benzene rings is 1. The molecule has 0 amide bonds. The summed E-state index contributed by atoms with van der Waals surface area (Å²) >= 11 is 0. The van der Waals surface area contributed by atoms with Crippen LogP contribution >= 0.6 is 0 Å². The summed E-state index contributed by atoms with van der Waals surface area (Å²) in [5, 5.41) is 9.23. The number of hydrogen-bond acceptors (Lipinski definition) is 7. The minimum Gasteiger partial charge on any atom is -0.424 e. The summed E-state index contributed by atoms with van der Waals surface area (Å²) in [6, 6.07) is 9.41. The smallest absolute Gasteiger partial charge is 0.326 e. The van der Waals surface area contributed by atoms with Gasteiger partial charge in [-0.25, -0.2) is 4.98 Å². The number of imidazole rings is 1. The van der Waals surface area contributed by atoms with Crippen LogP contribution in [0, 0.1) is 0 Å². The van der Waals surface area contributed by atoms with Crippen LogP contribution < -0.4 is 10.5 Å². The second-order valence-electron chi connectivity index (χ2n) is 5.60. The molecular formula is C16H17N5O3. The van der Waals surface area contributed by atoms with Crippen molar-refractivity contribution in [3.8, 4) is 11.8 Å². The average Bonchev–Trinajstić information content (AvgIpc) is 3.22. The molecule has 0 spiro atoms. The lowest BCUT2D eigenvalue weighted by atomic mass is 10.2. The Bertz CT molecular complexity index is 852. The van der Waals surface area contributed by atoms with Crippen LogP contribution in [0.3, 0.4) is 0 Å². The van der Waals surface area contributed by atoms with Crippen molar-refractivity contribution in [3.63, 3.8) is 0 Å². The summed E-state index contributed by atoms with van der Waals surface area (Å²) in [5.41, 5.74) is 7.05. The van der Waals surface area contributed by atoms with E-state index in [2.05, 4.69) is 15.0 Å². The Morgan fingerprint density at radius 3 is 2.83 bits per heavy atom. The largest absolute Gasteiger partial charge is 0.424 e. The average molecular weight is 327 g/mol.